The Labute approximate surface area is 123 Å². The van der Waals surface area contributed by atoms with E-state index in [1.807, 2.05) is 20.9 Å². The van der Waals surface area contributed by atoms with Gasteiger partial charge in [0.05, 0.1) is 12.6 Å². The molecule has 0 radical (unpaired) electrons. The highest BCUT2D eigenvalue weighted by Gasteiger charge is 2.23. The van der Waals surface area contributed by atoms with Crippen LogP contribution < -0.4 is 10.6 Å². The number of amides is 1. The minimum atomic E-state index is 0.137. The number of carbonyl (C=O) groups is 1. The molecule has 1 unspecified atom stereocenters. The summed E-state index contributed by atoms with van der Waals surface area (Å²) in [6, 6.07) is 0.503. The molecule has 5 heteroatoms. The molecule has 1 atom stereocenters. The van der Waals surface area contributed by atoms with Gasteiger partial charge in [-0.2, -0.15) is 0 Å². The molecule has 0 bridgehead atoms. The third-order valence-corrected chi connectivity index (χ3v) is 3.63. The van der Waals surface area contributed by atoms with Gasteiger partial charge in [0.15, 0.2) is 0 Å². The van der Waals surface area contributed by atoms with Crippen LogP contribution in [0.25, 0.3) is 0 Å². The van der Waals surface area contributed by atoms with Gasteiger partial charge in [0.1, 0.15) is 0 Å². The average Bonchev–Trinajstić information content (AvgIpc) is 2.40. The van der Waals surface area contributed by atoms with E-state index in [0.29, 0.717) is 25.7 Å². The van der Waals surface area contributed by atoms with Gasteiger partial charge in [-0.3, -0.25) is 9.69 Å². The number of hydrogen-bond donors (Lipinski definition) is 2. The topological polar surface area (TPSA) is 53.6 Å². The molecule has 2 N–H and O–H groups in total. The third-order valence-electron chi connectivity index (χ3n) is 3.63. The van der Waals surface area contributed by atoms with Crippen LogP contribution in [0, 0.1) is 0 Å². The molecule has 1 heterocycles. The van der Waals surface area contributed by atoms with E-state index in [0.717, 1.165) is 19.5 Å². The van der Waals surface area contributed by atoms with Crippen molar-refractivity contribution in [3.8, 4) is 0 Å². The Morgan fingerprint density at radius 3 is 2.90 bits per heavy atom. The lowest BCUT2D eigenvalue weighted by Crippen LogP contribution is -2.49. The summed E-state index contributed by atoms with van der Waals surface area (Å²) in [7, 11) is 1.97. The monoisotopic (exact) mass is 285 g/mol. The number of hydrogen-bond acceptors (Lipinski definition) is 4. The maximum Gasteiger partial charge on any atom is 0.234 e. The molecule has 1 rings (SSSR count). The quantitative estimate of drug-likeness (QED) is 0.620. The predicted molar refractivity (Wildman–Crippen MR) is 81.9 cm³/mol. The van der Waals surface area contributed by atoms with Crippen LogP contribution in [0.15, 0.2) is 0 Å². The van der Waals surface area contributed by atoms with Crippen molar-refractivity contribution in [3.63, 3.8) is 0 Å². The van der Waals surface area contributed by atoms with Crippen molar-refractivity contribution in [1.82, 2.24) is 15.5 Å². The first-order valence-corrected chi connectivity index (χ1v) is 7.90. The van der Waals surface area contributed by atoms with Crippen molar-refractivity contribution in [1.29, 1.82) is 0 Å². The van der Waals surface area contributed by atoms with E-state index in [1.165, 1.54) is 19.3 Å². The second-order valence-corrected chi connectivity index (χ2v) is 5.80. The first kappa shape index (κ1) is 17.4. The van der Waals surface area contributed by atoms with Crippen molar-refractivity contribution in [2.24, 2.45) is 0 Å². The number of likely N-dealkylation sites (tertiary alicyclic amines) is 1. The summed E-state index contributed by atoms with van der Waals surface area (Å²) in [5.41, 5.74) is 0. The summed E-state index contributed by atoms with van der Waals surface area (Å²) in [6.45, 7) is 8.00. The molecule has 1 aliphatic rings. The van der Waals surface area contributed by atoms with Gasteiger partial charge < -0.3 is 15.4 Å². The van der Waals surface area contributed by atoms with Crippen LogP contribution in [0.2, 0.25) is 0 Å². The maximum atomic E-state index is 11.9. The van der Waals surface area contributed by atoms with Crippen LogP contribution in [0.4, 0.5) is 0 Å². The zero-order chi connectivity index (χ0) is 14.8. The van der Waals surface area contributed by atoms with Crippen LogP contribution in [0.5, 0.6) is 0 Å². The van der Waals surface area contributed by atoms with Crippen LogP contribution >= 0.6 is 0 Å². The van der Waals surface area contributed by atoms with Crippen LogP contribution in [-0.2, 0) is 9.53 Å². The summed E-state index contributed by atoms with van der Waals surface area (Å²) in [6.07, 6.45) is 4.81. The molecule has 0 aromatic carbocycles. The lowest BCUT2D eigenvalue weighted by atomic mass is 10.0. The fraction of sp³-hybridized carbons (Fsp3) is 0.933. The molecule has 0 aromatic heterocycles. The first-order valence-electron chi connectivity index (χ1n) is 7.90. The SMILES string of the molecule is CNCC1CCCCN1CC(=O)NCCCOC(C)C. The standard InChI is InChI=1S/C15H31N3O2/c1-13(2)20-10-6-8-17-15(19)12-18-9-5-4-7-14(18)11-16-3/h13-14,16H,4-12H2,1-3H3,(H,17,19). The predicted octanol–water partition coefficient (Wildman–Crippen LogP) is 0.992. The highest BCUT2D eigenvalue weighted by Crippen LogP contribution is 2.15. The van der Waals surface area contributed by atoms with Crippen LogP contribution in [0.3, 0.4) is 0 Å². The molecule has 1 saturated heterocycles. The summed E-state index contributed by atoms with van der Waals surface area (Å²) in [4.78, 5) is 14.2. The van der Waals surface area contributed by atoms with Gasteiger partial charge in [0.2, 0.25) is 5.91 Å². The fourth-order valence-corrected chi connectivity index (χ4v) is 2.59. The lowest BCUT2D eigenvalue weighted by molar-refractivity contribution is -0.123. The summed E-state index contributed by atoms with van der Waals surface area (Å²) in [5.74, 6) is 0.137. The summed E-state index contributed by atoms with van der Waals surface area (Å²) >= 11 is 0. The van der Waals surface area contributed by atoms with Gasteiger partial charge in [0, 0.05) is 25.7 Å². The highest BCUT2D eigenvalue weighted by molar-refractivity contribution is 5.78. The van der Waals surface area contributed by atoms with E-state index in [-0.39, 0.29) is 12.0 Å². The molecule has 0 aromatic rings. The Bertz CT molecular complexity index is 270. The van der Waals surface area contributed by atoms with Crippen LogP contribution in [0.1, 0.15) is 39.5 Å². The van der Waals surface area contributed by atoms with E-state index in [1.54, 1.807) is 0 Å². The number of nitrogens with one attached hydrogen (secondary N) is 2. The van der Waals surface area contributed by atoms with Gasteiger partial charge in [-0.15, -0.1) is 0 Å². The Hall–Kier alpha value is -0.650. The Morgan fingerprint density at radius 2 is 2.20 bits per heavy atom. The second kappa shape index (κ2) is 10.1. The summed E-state index contributed by atoms with van der Waals surface area (Å²) < 4.78 is 5.45. The minimum Gasteiger partial charge on any atom is -0.379 e. The molecule has 5 nitrogen and oxygen atoms in total. The lowest BCUT2D eigenvalue weighted by Gasteiger charge is -2.35. The maximum absolute atomic E-state index is 11.9. The molecule has 0 saturated carbocycles. The Balaban J connectivity index is 2.16. The van der Waals surface area contributed by atoms with Gasteiger partial charge in [-0.1, -0.05) is 6.42 Å². The molecule has 1 fully saturated rings. The van der Waals surface area contributed by atoms with Gasteiger partial charge in [-0.05, 0) is 46.7 Å². The zero-order valence-corrected chi connectivity index (χ0v) is 13.3. The number of likely N-dealkylation sites (N-methyl/N-ethyl adjacent to an activating group) is 1. The van der Waals surface area contributed by atoms with Gasteiger partial charge in [-0.25, -0.2) is 0 Å². The van der Waals surface area contributed by atoms with Crippen molar-refractivity contribution in [3.05, 3.63) is 0 Å². The van der Waals surface area contributed by atoms with Crippen molar-refractivity contribution in [2.75, 3.05) is 39.8 Å². The molecule has 0 spiro atoms. The minimum absolute atomic E-state index is 0.137. The largest absolute Gasteiger partial charge is 0.379 e. The van der Waals surface area contributed by atoms with Gasteiger partial charge >= 0.3 is 0 Å². The number of piperidine rings is 1. The average molecular weight is 285 g/mol. The Kier molecular flexibility index (Phi) is 8.82. The van der Waals surface area contributed by atoms with Crippen molar-refractivity contribution in [2.45, 2.75) is 51.7 Å². The highest BCUT2D eigenvalue weighted by atomic mass is 16.5. The number of nitrogens with zero attached hydrogens (tertiary/aromatic N) is 1. The first-order chi connectivity index (χ1) is 9.63. The second-order valence-electron chi connectivity index (χ2n) is 5.80. The van der Waals surface area contributed by atoms with Crippen molar-refractivity contribution < 1.29 is 9.53 Å². The van der Waals surface area contributed by atoms with Gasteiger partial charge in [0.25, 0.3) is 0 Å². The number of rotatable bonds is 9. The fourth-order valence-electron chi connectivity index (χ4n) is 2.59. The van der Waals surface area contributed by atoms with E-state index in [4.69, 9.17) is 4.74 Å². The van der Waals surface area contributed by atoms with Crippen LogP contribution in [-0.4, -0.2) is 62.8 Å². The molecule has 0 aliphatic carbocycles. The van der Waals surface area contributed by atoms with E-state index in [2.05, 4.69) is 15.5 Å². The zero-order valence-electron chi connectivity index (χ0n) is 13.3. The summed E-state index contributed by atoms with van der Waals surface area (Å²) in [5, 5.41) is 6.21. The molecule has 1 aliphatic heterocycles. The van der Waals surface area contributed by atoms with E-state index < -0.39 is 0 Å². The van der Waals surface area contributed by atoms with Crippen molar-refractivity contribution >= 4 is 5.91 Å². The smallest absolute Gasteiger partial charge is 0.234 e. The molecule has 20 heavy (non-hydrogen) atoms. The third kappa shape index (κ3) is 7.22. The molecule has 118 valence electrons. The normalized spacial score (nSPS) is 20.3. The molecular formula is C15H31N3O2. The molecular weight excluding hydrogens is 254 g/mol. The van der Waals surface area contributed by atoms with E-state index in [9.17, 15) is 4.79 Å². The number of ether oxygens (including phenoxy) is 1. The van der Waals surface area contributed by atoms with E-state index >= 15 is 0 Å². The molecule has 1 amide bonds. The number of carbonyl (C=O) groups excluding carboxylic acids is 1. The Morgan fingerprint density at radius 1 is 1.40 bits per heavy atom.